The Kier molecular flexibility index (Phi) is 8.71. The molecule has 1 N–H and O–H groups in total. The zero-order valence-corrected chi connectivity index (χ0v) is 20.3. The van der Waals surface area contributed by atoms with Crippen LogP contribution in [0.3, 0.4) is 0 Å². The Labute approximate surface area is 196 Å². The number of amides is 1. The number of benzene rings is 2. The number of nitrogens with one attached hydrogen (secondary N) is 1. The number of hydrogen-bond acceptors (Lipinski definition) is 6. The molecule has 2 aromatic rings. The zero-order chi connectivity index (χ0) is 23.8. The highest BCUT2D eigenvalue weighted by atomic mass is 32.2. The van der Waals surface area contributed by atoms with Gasteiger partial charge in [-0.2, -0.15) is 4.31 Å². The van der Waals surface area contributed by atoms with Crippen LogP contribution in [0, 0.1) is 0 Å². The Morgan fingerprint density at radius 1 is 1.00 bits per heavy atom. The van der Waals surface area contributed by atoms with Crippen LogP contribution in [0.15, 0.2) is 53.4 Å². The first kappa shape index (κ1) is 25.0. The molecule has 1 fully saturated rings. The van der Waals surface area contributed by atoms with Gasteiger partial charge in [-0.15, -0.1) is 0 Å². The Bertz CT molecular complexity index is 1020. The first-order valence-electron chi connectivity index (χ1n) is 11.1. The van der Waals surface area contributed by atoms with Crippen molar-refractivity contribution in [3.63, 3.8) is 0 Å². The van der Waals surface area contributed by atoms with E-state index in [9.17, 15) is 13.2 Å². The molecular weight excluding hydrogens is 442 g/mol. The average Bonchev–Trinajstić information content (AvgIpc) is 2.83. The summed E-state index contributed by atoms with van der Waals surface area (Å²) in [4.78, 5) is 14.6. The van der Waals surface area contributed by atoms with Gasteiger partial charge in [-0.05, 0) is 37.5 Å². The lowest BCUT2D eigenvalue weighted by atomic mass is 10.1. The molecule has 1 unspecified atom stereocenters. The highest BCUT2D eigenvalue weighted by molar-refractivity contribution is 7.89. The molecular formula is C24H33N3O5S. The SMILES string of the molecule is COc1ccc(S(=O)(=O)N2CCN(CC(=O)NC(C)CCc3ccccc3)CC2)cc1OC. The van der Waals surface area contributed by atoms with Crippen molar-refractivity contribution < 1.29 is 22.7 Å². The van der Waals surface area contributed by atoms with Gasteiger partial charge in [0.1, 0.15) is 0 Å². The van der Waals surface area contributed by atoms with E-state index in [1.807, 2.05) is 30.0 Å². The molecule has 1 saturated heterocycles. The van der Waals surface area contributed by atoms with Crippen LogP contribution >= 0.6 is 0 Å². The van der Waals surface area contributed by atoms with Crippen molar-refractivity contribution in [2.24, 2.45) is 0 Å². The van der Waals surface area contributed by atoms with E-state index in [-0.39, 0.29) is 23.4 Å². The summed E-state index contributed by atoms with van der Waals surface area (Å²) < 4.78 is 38.0. The van der Waals surface area contributed by atoms with Crippen LogP contribution in [0.4, 0.5) is 0 Å². The second kappa shape index (κ2) is 11.5. The lowest BCUT2D eigenvalue weighted by Gasteiger charge is -2.33. The van der Waals surface area contributed by atoms with Crippen LogP contribution in [0.2, 0.25) is 0 Å². The Morgan fingerprint density at radius 2 is 1.67 bits per heavy atom. The molecule has 33 heavy (non-hydrogen) atoms. The molecule has 0 spiro atoms. The second-order valence-electron chi connectivity index (χ2n) is 8.19. The van der Waals surface area contributed by atoms with Crippen molar-refractivity contribution in [1.82, 2.24) is 14.5 Å². The summed E-state index contributed by atoms with van der Waals surface area (Å²) >= 11 is 0. The monoisotopic (exact) mass is 475 g/mol. The number of carbonyl (C=O) groups is 1. The molecule has 0 saturated carbocycles. The fraction of sp³-hybridized carbons (Fsp3) is 0.458. The molecule has 3 rings (SSSR count). The molecule has 9 heteroatoms. The molecule has 8 nitrogen and oxygen atoms in total. The third-order valence-electron chi connectivity index (χ3n) is 5.81. The van der Waals surface area contributed by atoms with E-state index in [0.29, 0.717) is 37.7 Å². The number of piperazine rings is 1. The van der Waals surface area contributed by atoms with Crippen molar-refractivity contribution in [2.45, 2.75) is 30.7 Å². The van der Waals surface area contributed by atoms with Gasteiger partial charge >= 0.3 is 0 Å². The minimum Gasteiger partial charge on any atom is -0.493 e. The Morgan fingerprint density at radius 3 is 2.30 bits per heavy atom. The third kappa shape index (κ3) is 6.69. The summed E-state index contributed by atoms with van der Waals surface area (Å²) in [5.74, 6) is 0.812. The lowest BCUT2D eigenvalue weighted by molar-refractivity contribution is -0.123. The van der Waals surface area contributed by atoms with Crippen molar-refractivity contribution in [1.29, 1.82) is 0 Å². The van der Waals surface area contributed by atoms with Crippen LogP contribution in [-0.2, 0) is 21.2 Å². The second-order valence-corrected chi connectivity index (χ2v) is 10.1. The smallest absolute Gasteiger partial charge is 0.243 e. The molecule has 1 heterocycles. The normalized spacial score (nSPS) is 16.2. The molecule has 180 valence electrons. The van der Waals surface area contributed by atoms with Gasteiger partial charge in [0, 0.05) is 38.3 Å². The van der Waals surface area contributed by atoms with E-state index in [1.54, 1.807) is 6.07 Å². The summed E-state index contributed by atoms with van der Waals surface area (Å²) in [7, 11) is -0.675. The van der Waals surface area contributed by atoms with Gasteiger partial charge in [-0.3, -0.25) is 9.69 Å². The van der Waals surface area contributed by atoms with E-state index >= 15 is 0 Å². The topological polar surface area (TPSA) is 88.2 Å². The van der Waals surface area contributed by atoms with Gasteiger partial charge in [0.2, 0.25) is 15.9 Å². The predicted molar refractivity (Wildman–Crippen MR) is 127 cm³/mol. The Balaban J connectivity index is 1.47. The molecule has 1 amide bonds. The standard InChI is InChI=1S/C24H33N3O5S/c1-19(9-10-20-7-5-4-6-8-20)25-24(28)18-26-13-15-27(16-14-26)33(29,30)21-11-12-22(31-2)23(17-21)32-3/h4-8,11-12,17,19H,9-10,13-16,18H2,1-3H3,(H,25,28). The number of rotatable bonds is 10. The van der Waals surface area contributed by atoms with E-state index in [0.717, 1.165) is 12.8 Å². The van der Waals surface area contributed by atoms with Gasteiger partial charge in [0.15, 0.2) is 11.5 Å². The maximum Gasteiger partial charge on any atom is 0.243 e. The average molecular weight is 476 g/mol. The van der Waals surface area contributed by atoms with Crippen LogP contribution in [0.5, 0.6) is 11.5 Å². The van der Waals surface area contributed by atoms with Crippen molar-refractivity contribution >= 4 is 15.9 Å². The number of ether oxygens (including phenoxy) is 2. The van der Waals surface area contributed by atoms with Gasteiger partial charge in [-0.25, -0.2) is 8.42 Å². The maximum absolute atomic E-state index is 13.0. The fourth-order valence-electron chi connectivity index (χ4n) is 3.88. The summed E-state index contributed by atoms with van der Waals surface area (Å²) in [6, 6.07) is 14.9. The maximum atomic E-state index is 13.0. The van der Waals surface area contributed by atoms with Gasteiger partial charge in [-0.1, -0.05) is 30.3 Å². The Hall–Kier alpha value is -2.62. The number of aryl methyl sites for hydroxylation is 1. The quantitative estimate of drug-likeness (QED) is 0.567. The first-order valence-corrected chi connectivity index (χ1v) is 12.6. The summed E-state index contributed by atoms with van der Waals surface area (Å²) in [5.41, 5.74) is 1.26. The van der Waals surface area contributed by atoms with E-state index in [4.69, 9.17) is 9.47 Å². The van der Waals surface area contributed by atoms with E-state index < -0.39 is 10.0 Å². The van der Waals surface area contributed by atoms with Crippen molar-refractivity contribution in [3.05, 3.63) is 54.1 Å². The number of hydrogen-bond donors (Lipinski definition) is 1. The molecule has 2 aromatic carbocycles. The zero-order valence-electron chi connectivity index (χ0n) is 19.5. The van der Waals surface area contributed by atoms with Crippen LogP contribution < -0.4 is 14.8 Å². The van der Waals surface area contributed by atoms with E-state index in [1.165, 1.54) is 36.2 Å². The van der Waals surface area contributed by atoms with Gasteiger partial charge in [0.05, 0.1) is 25.7 Å². The lowest BCUT2D eigenvalue weighted by Crippen LogP contribution is -2.51. The van der Waals surface area contributed by atoms with E-state index in [2.05, 4.69) is 17.4 Å². The first-order chi connectivity index (χ1) is 15.8. The fourth-order valence-corrected chi connectivity index (χ4v) is 5.32. The molecule has 1 aliphatic heterocycles. The highest BCUT2D eigenvalue weighted by Gasteiger charge is 2.30. The van der Waals surface area contributed by atoms with Gasteiger partial charge in [0.25, 0.3) is 0 Å². The van der Waals surface area contributed by atoms with Crippen molar-refractivity contribution in [2.75, 3.05) is 46.9 Å². The minimum absolute atomic E-state index is 0.0354. The van der Waals surface area contributed by atoms with Crippen LogP contribution in [0.25, 0.3) is 0 Å². The largest absolute Gasteiger partial charge is 0.493 e. The molecule has 1 aliphatic rings. The number of methoxy groups -OCH3 is 2. The number of carbonyl (C=O) groups excluding carboxylic acids is 1. The summed E-state index contributed by atoms with van der Waals surface area (Å²) in [6.07, 6.45) is 1.78. The third-order valence-corrected chi connectivity index (χ3v) is 7.70. The van der Waals surface area contributed by atoms with Crippen LogP contribution in [-0.4, -0.2) is 76.5 Å². The summed E-state index contributed by atoms with van der Waals surface area (Å²) in [5, 5.41) is 3.05. The highest BCUT2D eigenvalue weighted by Crippen LogP contribution is 2.30. The molecule has 0 bridgehead atoms. The molecule has 1 atom stereocenters. The number of nitrogens with zero attached hydrogens (tertiary/aromatic N) is 2. The van der Waals surface area contributed by atoms with Gasteiger partial charge < -0.3 is 14.8 Å². The number of sulfonamides is 1. The van der Waals surface area contributed by atoms with Crippen LogP contribution in [0.1, 0.15) is 18.9 Å². The molecule has 0 aliphatic carbocycles. The van der Waals surface area contributed by atoms with Crippen molar-refractivity contribution in [3.8, 4) is 11.5 Å². The molecule has 0 radical (unpaired) electrons. The summed E-state index contributed by atoms with van der Waals surface area (Å²) in [6.45, 7) is 3.92. The minimum atomic E-state index is -3.65. The predicted octanol–water partition coefficient (Wildman–Crippen LogP) is 2.15. The molecule has 0 aromatic heterocycles.